The first-order valence-corrected chi connectivity index (χ1v) is 9.27. The van der Waals surface area contributed by atoms with E-state index in [4.69, 9.17) is 10.5 Å². The van der Waals surface area contributed by atoms with Gasteiger partial charge in [-0.15, -0.1) is 11.3 Å². The van der Waals surface area contributed by atoms with Crippen molar-refractivity contribution in [3.8, 4) is 22.5 Å². The SMILES string of the molecule is COC[C@H](Nc1nc(-c2cccc(-c3cc(C)nc(C)n3)c2)cs1)C(N)=O. The van der Waals surface area contributed by atoms with Gasteiger partial charge in [0.05, 0.1) is 18.0 Å². The molecule has 0 bridgehead atoms. The highest BCUT2D eigenvalue weighted by atomic mass is 32.1. The molecular formula is C19H21N5O2S. The number of carbonyl (C=O) groups is 1. The van der Waals surface area contributed by atoms with Crippen molar-refractivity contribution in [3.63, 3.8) is 0 Å². The second-order valence-corrected chi connectivity index (χ2v) is 6.97. The van der Waals surface area contributed by atoms with Crippen LogP contribution in [0.1, 0.15) is 11.5 Å². The summed E-state index contributed by atoms with van der Waals surface area (Å²) in [5.41, 5.74) is 9.97. The van der Waals surface area contributed by atoms with Crippen LogP contribution in [-0.2, 0) is 9.53 Å². The third kappa shape index (κ3) is 4.66. The number of amides is 1. The zero-order valence-corrected chi connectivity index (χ0v) is 16.2. The zero-order valence-electron chi connectivity index (χ0n) is 15.4. The summed E-state index contributed by atoms with van der Waals surface area (Å²) in [6.07, 6.45) is 0. The predicted octanol–water partition coefficient (Wildman–Crippen LogP) is 2.80. The summed E-state index contributed by atoms with van der Waals surface area (Å²) in [7, 11) is 1.52. The van der Waals surface area contributed by atoms with Gasteiger partial charge in [-0.1, -0.05) is 18.2 Å². The Hall–Kier alpha value is -2.84. The van der Waals surface area contributed by atoms with E-state index in [1.807, 2.05) is 49.6 Å². The van der Waals surface area contributed by atoms with E-state index < -0.39 is 11.9 Å². The molecule has 3 aromatic rings. The maximum atomic E-state index is 11.5. The number of ether oxygens (including phenoxy) is 1. The van der Waals surface area contributed by atoms with Crippen LogP contribution in [0.2, 0.25) is 0 Å². The summed E-state index contributed by atoms with van der Waals surface area (Å²) in [6.45, 7) is 4.02. The van der Waals surface area contributed by atoms with E-state index in [9.17, 15) is 4.79 Å². The highest BCUT2D eigenvalue weighted by Gasteiger charge is 2.17. The fourth-order valence-corrected chi connectivity index (χ4v) is 3.46. The van der Waals surface area contributed by atoms with Crippen molar-refractivity contribution in [1.82, 2.24) is 15.0 Å². The summed E-state index contributed by atoms with van der Waals surface area (Å²) in [6, 6.07) is 9.36. The first-order valence-electron chi connectivity index (χ1n) is 8.39. The summed E-state index contributed by atoms with van der Waals surface area (Å²) < 4.78 is 5.01. The van der Waals surface area contributed by atoms with Crippen LogP contribution in [0.15, 0.2) is 35.7 Å². The molecule has 0 fully saturated rings. The lowest BCUT2D eigenvalue weighted by Gasteiger charge is -2.12. The number of thiazole rings is 1. The van der Waals surface area contributed by atoms with Crippen molar-refractivity contribution in [2.45, 2.75) is 19.9 Å². The number of aromatic nitrogens is 3. The van der Waals surface area contributed by atoms with Gasteiger partial charge in [-0.2, -0.15) is 0 Å². The van der Waals surface area contributed by atoms with Gasteiger partial charge in [0.25, 0.3) is 0 Å². The summed E-state index contributed by atoms with van der Waals surface area (Å²) in [4.78, 5) is 24.9. The molecule has 0 radical (unpaired) electrons. The Morgan fingerprint density at radius 1 is 1.19 bits per heavy atom. The number of methoxy groups -OCH3 is 1. The number of hydrogen-bond acceptors (Lipinski definition) is 7. The first kappa shape index (κ1) is 18.9. The molecule has 0 spiro atoms. The molecule has 1 amide bonds. The maximum absolute atomic E-state index is 11.5. The minimum absolute atomic E-state index is 0.187. The molecule has 1 atom stereocenters. The van der Waals surface area contributed by atoms with Crippen LogP contribution < -0.4 is 11.1 Å². The Kier molecular flexibility index (Phi) is 5.78. The molecule has 140 valence electrons. The molecule has 0 aliphatic carbocycles. The Labute approximate surface area is 161 Å². The van der Waals surface area contributed by atoms with Crippen LogP contribution in [0.25, 0.3) is 22.5 Å². The average molecular weight is 383 g/mol. The van der Waals surface area contributed by atoms with E-state index in [0.717, 1.165) is 34.0 Å². The number of rotatable bonds is 7. The van der Waals surface area contributed by atoms with Crippen LogP contribution in [0.3, 0.4) is 0 Å². The number of primary amides is 1. The number of benzene rings is 1. The Morgan fingerprint density at radius 2 is 1.93 bits per heavy atom. The highest BCUT2D eigenvalue weighted by molar-refractivity contribution is 7.14. The van der Waals surface area contributed by atoms with Crippen molar-refractivity contribution in [3.05, 3.63) is 47.2 Å². The topological polar surface area (TPSA) is 103 Å². The first-order chi connectivity index (χ1) is 13.0. The molecule has 0 aliphatic rings. The Balaban J connectivity index is 1.85. The fraction of sp³-hybridized carbons (Fsp3) is 0.263. The quantitative estimate of drug-likeness (QED) is 0.650. The molecule has 3 rings (SSSR count). The smallest absolute Gasteiger partial charge is 0.242 e. The summed E-state index contributed by atoms with van der Waals surface area (Å²) in [5, 5.41) is 5.57. The molecule has 1 aromatic carbocycles. The summed E-state index contributed by atoms with van der Waals surface area (Å²) in [5.74, 6) is 0.260. The van der Waals surface area contributed by atoms with Gasteiger partial charge in [-0.05, 0) is 26.0 Å². The van der Waals surface area contributed by atoms with Gasteiger partial charge in [0, 0.05) is 29.3 Å². The van der Waals surface area contributed by atoms with E-state index in [-0.39, 0.29) is 6.61 Å². The minimum atomic E-state index is -0.618. The minimum Gasteiger partial charge on any atom is -0.382 e. The third-order valence-electron chi connectivity index (χ3n) is 3.90. The van der Waals surface area contributed by atoms with E-state index in [2.05, 4.69) is 20.3 Å². The molecule has 0 aliphatic heterocycles. The predicted molar refractivity (Wildman–Crippen MR) is 107 cm³/mol. The zero-order chi connectivity index (χ0) is 19.4. The van der Waals surface area contributed by atoms with E-state index in [1.54, 1.807) is 0 Å². The number of nitrogens with one attached hydrogen (secondary N) is 1. The Bertz CT molecular complexity index is 937. The van der Waals surface area contributed by atoms with Gasteiger partial charge in [0.1, 0.15) is 11.9 Å². The van der Waals surface area contributed by atoms with Crippen LogP contribution in [0, 0.1) is 13.8 Å². The normalized spacial score (nSPS) is 12.0. The van der Waals surface area contributed by atoms with E-state index in [1.165, 1.54) is 18.4 Å². The standard InChI is InChI=1S/C19H21N5O2S/c1-11-7-15(22-12(2)21-11)13-5-4-6-14(8-13)17-10-27-19(24-17)23-16(9-26-3)18(20)25/h4-8,10,16H,9H2,1-3H3,(H2,20,25)(H,23,24)/t16-/m0/s1. The molecule has 0 saturated carbocycles. The Morgan fingerprint density at radius 3 is 2.59 bits per heavy atom. The van der Waals surface area contributed by atoms with Crippen LogP contribution in [0.4, 0.5) is 5.13 Å². The number of hydrogen-bond donors (Lipinski definition) is 2. The van der Waals surface area contributed by atoms with Gasteiger partial charge in [0.2, 0.25) is 5.91 Å². The molecule has 0 unspecified atom stereocenters. The van der Waals surface area contributed by atoms with Crippen LogP contribution >= 0.6 is 11.3 Å². The molecule has 8 heteroatoms. The van der Waals surface area contributed by atoms with Gasteiger partial charge in [-0.25, -0.2) is 15.0 Å². The lowest BCUT2D eigenvalue weighted by Crippen LogP contribution is -2.38. The lowest BCUT2D eigenvalue weighted by molar-refractivity contribution is -0.119. The highest BCUT2D eigenvalue weighted by Crippen LogP contribution is 2.28. The van der Waals surface area contributed by atoms with Crippen molar-refractivity contribution >= 4 is 22.4 Å². The summed E-state index contributed by atoms with van der Waals surface area (Å²) >= 11 is 1.41. The molecular weight excluding hydrogens is 362 g/mol. The number of aryl methyl sites for hydroxylation is 2. The van der Waals surface area contributed by atoms with Crippen LogP contribution in [-0.4, -0.2) is 40.6 Å². The second kappa shape index (κ2) is 8.24. The molecule has 3 N–H and O–H groups in total. The van der Waals surface area contributed by atoms with Crippen LogP contribution in [0.5, 0.6) is 0 Å². The molecule has 27 heavy (non-hydrogen) atoms. The number of nitrogens with zero attached hydrogens (tertiary/aromatic N) is 3. The van der Waals surface area contributed by atoms with Gasteiger partial charge in [0.15, 0.2) is 5.13 Å². The van der Waals surface area contributed by atoms with Crippen molar-refractivity contribution in [2.75, 3.05) is 19.0 Å². The van der Waals surface area contributed by atoms with Gasteiger partial charge in [-0.3, -0.25) is 4.79 Å². The molecule has 7 nitrogen and oxygen atoms in total. The molecule has 2 aromatic heterocycles. The van der Waals surface area contributed by atoms with Crippen molar-refractivity contribution < 1.29 is 9.53 Å². The average Bonchev–Trinajstić information content (AvgIpc) is 3.09. The maximum Gasteiger partial charge on any atom is 0.242 e. The lowest BCUT2D eigenvalue weighted by atomic mass is 10.1. The number of anilines is 1. The van der Waals surface area contributed by atoms with E-state index >= 15 is 0 Å². The van der Waals surface area contributed by atoms with Gasteiger partial charge >= 0.3 is 0 Å². The molecule has 0 saturated heterocycles. The van der Waals surface area contributed by atoms with Gasteiger partial charge < -0.3 is 15.8 Å². The number of nitrogens with two attached hydrogens (primary N) is 1. The van der Waals surface area contributed by atoms with Crippen molar-refractivity contribution in [2.24, 2.45) is 5.73 Å². The third-order valence-corrected chi connectivity index (χ3v) is 4.67. The van der Waals surface area contributed by atoms with Crippen molar-refractivity contribution in [1.29, 1.82) is 0 Å². The number of carbonyl (C=O) groups excluding carboxylic acids is 1. The monoisotopic (exact) mass is 383 g/mol. The van der Waals surface area contributed by atoms with E-state index in [0.29, 0.717) is 5.13 Å². The second-order valence-electron chi connectivity index (χ2n) is 6.12. The largest absolute Gasteiger partial charge is 0.382 e. The molecule has 2 heterocycles. The fourth-order valence-electron chi connectivity index (χ4n) is 2.69.